The molecule has 2 aromatic carbocycles. The van der Waals surface area contributed by atoms with Gasteiger partial charge in [0.1, 0.15) is 0 Å². The van der Waals surface area contributed by atoms with Crippen molar-refractivity contribution in [2.75, 3.05) is 18.4 Å². The molecule has 1 atom stereocenters. The number of carbonyl (C=O) groups is 1. The quantitative estimate of drug-likeness (QED) is 0.605. The Morgan fingerprint density at radius 3 is 2.56 bits per heavy atom. The molecular weight excluding hydrogens is 421 g/mol. The average Bonchev–Trinajstić information content (AvgIpc) is 3.22. The summed E-state index contributed by atoms with van der Waals surface area (Å²) in [4.78, 5) is 19.2. The van der Waals surface area contributed by atoms with Gasteiger partial charge in [0.25, 0.3) is 0 Å². The molecule has 1 saturated heterocycles. The first-order valence-electron chi connectivity index (χ1n) is 10.4. The maximum atomic E-state index is 12.7. The van der Waals surface area contributed by atoms with Gasteiger partial charge in [0.15, 0.2) is 0 Å². The molecule has 1 aliphatic heterocycles. The first kappa shape index (κ1) is 22.0. The summed E-state index contributed by atoms with van der Waals surface area (Å²) in [5, 5.41) is 6.76. The van der Waals surface area contributed by atoms with Crippen molar-refractivity contribution in [1.29, 1.82) is 0 Å². The van der Waals surface area contributed by atoms with Crippen LogP contribution in [0.1, 0.15) is 29.9 Å². The van der Waals surface area contributed by atoms with E-state index in [-0.39, 0.29) is 11.8 Å². The fourth-order valence-corrected chi connectivity index (χ4v) is 3.73. The van der Waals surface area contributed by atoms with Gasteiger partial charge in [-0.05, 0) is 50.6 Å². The average molecular weight is 444 g/mol. The van der Waals surface area contributed by atoms with E-state index in [9.17, 15) is 18.0 Å². The smallest absolute Gasteiger partial charge is 0.338 e. The number of amides is 1. The monoisotopic (exact) mass is 444 g/mol. The molecule has 6 nitrogen and oxygen atoms in total. The largest absolute Gasteiger partial charge is 0.416 e. The predicted molar refractivity (Wildman–Crippen MR) is 113 cm³/mol. The van der Waals surface area contributed by atoms with Gasteiger partial charge in [-0.3, -0.25) is 9.69 Å². The molecule has 3 aromatic rings. The summed E-state index contributed by atoms with van der Waals surface area (Å²) in [5.41, 5.74) is 1.62. The van der Waals surface area contributed by atoms with E-state index >= 15 is 0 Å². The first-order valence-corrected chi connectivity index (χ1v) is 10.4. The van der Waals surface area contributed by atoms with E-state index in [4.69, 9.17) is 4.52 Å². The second kappa shape index (κ2) is 9.12. The number of anilines is 1. The van der Waals surface area contributed by atoms with Crippen molar-refractivity contribution < 1.29 is 22.5 Å². The fourth-order valence-electron chi connectivity index (χ4n) is 3.73. The molecule has 32 heavy (non-hydrogen) atoms. The molecule has 0 radical (unpaired) electrons. The van der Waals surface area contributed by atoms with Crippen LogP contribution in [0, 0.1) is 12.8 Å². The Morgan fingerprint density at radius 2 is 1.88 bits per heavy atom. The number of benzene rings is 2. The Kier molecular flexibility index (Phi) is 6.27. The molecular formula is C23H23F3N4O2. The number of aryl methyl sites for hydroxylation is 1. The van der Waals surface area contributed by atoms with Crippen LogP contribution < -0.4 is 5.32 Å². The number of hydrogen-bond acceptors (Lipinski definition) is 5. The SMILES string of the molecule is Cc1ccc(-c2noc(CN3CCCC(C(=O)Nc4ccc(C(F)(F)F)cc4)C3)n2)cc1. The number of piperidine rings is 1. The molecule has 0 saturated carbocycles. The number of carbonyl (C=O) groups excluding carboxylic acids is 1. The van der Waals surface area contributed by atoms with Crippen molar-refractivity contribution in [2.24, 2.45) is 5.92 Å². The zero-order valence-electron chi connectivity index (χ0n) is 17.5. The van der Waals surface area contributed by atoms with Crippen LogP contribution in [0.3, 0.4) is 0 Å². The molecule has 1 fully saturated rings. The molecule has 2 heterocycles. The fraction of sp³-hybridized carbons (Fsp3) is 0.348. The van der Waals surface area contributed by atoms with Crippen LogP contribution in [0.15, 0.2) is 53.1 Å². The number of alkyl halides is 3. The van der Waals surface area contributed by atoms with Crippen LogP contribution in [0.25, 0.3) is 11.4 Å². The zero-order chi connectivity index (χ0) is 22.7. The number of nitrogens with one attached hydrogen (secondary N) is 1. The molecule has 0 aliphatic carbocycles. The third-order valence-electron chi connectivity index (χ3n) is 5.49. The van der Waals surface area contributed by atoms with Crippen LogP contribution in [0.5, 0.6) is 0 Å². The summed E-state index contributed by atoms with van der Waals surface area (Å²) >= 11 is 0. The van der Waals surface area contributed by atoms with Gasteiger partial charge in [0.05, 0.1) is 18.0 Å². The highest BCUT2D eigenvalue weighted by molar-refractivity contribution is 5.92. The van der Waals surface area contributed by atoms with Crippen molar-refractivity contribution in [3.05, 3.63) is 65.5 Å². The highest BCUT2D eigenvalue weighted by Gasteiger charge is 2.30. The van der Waals surface area contributed by atoms with E-state index in [0.29, 0.717) is 36.9 Å². The molecule has 168 valence electrons. The number of nitrogens with zero attached hydrogens (tertiary/aromatic N) is 3. The Bertz CT molecular complexity index is 1060. The van der Waals surface area contributed by atoms with Crippen molar-refractivity contribution in [3.8, 4) is 11.4 Å². The number of halogens is 3. The molecule has 1 unspecified atom stereocenters. The lowest BCUT2D eigenvalue weighted by Crippen LogP contribution is -2.40. The highest BCUT2D eigenvalue weighted by atomic mass is 19.4. The summed E-state index contributed by atoms with van der Waals surface area (Å²) < 4.78 is 43.5. The standard InChI is InChI=1S/C23H23F3N4O2/c1-15-4-6-16(7-5-15)21-28-20(32-29-21)14-30-12-2-3-17(13-30)22(31)27-19-10-8-18(9-11-19)23(24,25)26/h4-11,17H,2-3,12-14H2,1H3,(H,27,31). The number of rotatable bonds is 5. The maximum Gasteiger partial charge on any atom is 0.416 e. The summed E-state index contributed by atoms with van der Waals surface area (Å²) in [6, 6.07) is 12.3. The summed E-state index contributed by atoms with van der Waals surface area (Å²) in [7, 11) is 0. The maximum absolute atomic E-state index is 12.7. The second-order valence-electron chi connectivity index (χ2n) is 8.02. The van der Waals surface area contributed by atoms with E-state index < -0.39 is 11.7 Å². The summed E-state index contributed by atoms with van der Waals surface area (Å²) in [6.07, 6.45) is -2.87. The van der Waals surface area contributed by atoms with Gasteiger partial charge in [0.2, 0.25) is 17.6 Å². The van der Waals surface area contributed by atoms with E-state index in [2.05, 4.69) is 20.4 Å². The molecule has 0 bridgehead atoms. The lowest BCUT2D eigenvalue weighted by molar-refractivity contribution is -0.137. The van der Waals surface area contributed by atoms with Crippen molar-refractivity contribution >= 4 is 11.6 Å². The Balaban J connectivity index is 1.34. The van der Waals surface area contributed by atoms with Crippen LogP contribution in [0.4, 0.5) is 18.9 Å². The first-order chi connectivity index (χ1) is 15.3. The van der Waals surface area contributed by atoms with Gasteiger partial charge < -0.3 is 9.84 Å². The van der Waals surface area contributed by atoms with Gasteiger partial charge >= 0.3 is 6.18 Å². The third-order valence-corrected chi connectivity index (χ3v) is 5.49. The molecule has 1 aromatic heterocycles. The third kappa shape index (κ3) is 5.34. The van der Waals surface area contributed by atoms with Gasteiger partial charge in [-0.15, -0.1) is 0 Å². The molecule has 0 spiro atoms. The molecule has 1 N–H and O–H groups in total. The predicted octanol–water partition coefficient (Wildman–Crippen LogP) is 4.91. The van der Waals surface area contributed by atoms with Crippen molar-refractivity contribution in [1.82, 2.24) is 15.0 Å². The van der Waals surface area contributed by atoms with Gasteiger partial charge in [-0.25, -0.2) is 0 Å². The van der Waals surface area contributed by atoms with Crippen molar-refractivity contribution in [3.63, 3.8) is 0 Å². The Labute approximate surface area is 183 Å². The molecule has 1 aliphatic rings. The lowest BCUT2D eigenvalue weighted by atomic mass is 9.97. The van der Waals surface area contributed by atoms with E-state index in [1.165, 1.54) is 12.1 Å². The molecule has 1 amide bonds. The van der Waals surface area contributed by atoms with Crippen LogP contribution >= 0.6 is 0 Å². The summed E-state index contributed by atoms with van der Waals surface area (Å²) in [6.45, 7) is 3.75. The van der Waals surface area contributed by atoms with E-state index in [1.807, 2.05) is 31.2 Å². The van der Waals surface area contributed by atoms with E-state index in [0.717, 1.165) is 36.2 Å². The minimum absolute atomic E-state index is 0.208. The Hall–Kier alpha value is -3.20. The second-order valence-corrected chi connectivity index (χ2v) is 8.02. The highest BCUT2D eigenvalue weighted by Crippen LogP contribution is 2.30. The normalized spacial score (nSPS) is 17.3. The molecule has 4 rings (SSSR count). The zero-order valence-corrected chi connectivity index (χ0v) is 17.5. The van der Waals surface area contributed by atoms with E-state index in [1.54, 1.807) is 0 Å². The minimum Gasteiger partial charge on any atom is -0.338 e. The number of likely N-dealkylation sites (tertiary alicyclic amines) is 1. The number of aromatic nitrogens is 2. The minimum atomic E-state index is -4.40. The topological polar surface area (TPSA) is 71.3 Å². The van der Waals surface area contributed by atoms with Crippen LogP contribution in [-0.2, 0) is 17.5 Å². The van der Waals surface area contributed by atoms with Crippen molar-refractivity contribution in [2.45, 2.75) is 32.5 Å². The van der Waals surface area contributed by atoms with Crippen LogP contribution in [-0.4, -0.2) is 34.0 Å². The van der Waals surface area contributed by atoms with Gasteiger partial charge in [-0.1, -0.05) is 35.0 Å². The van der Waals surface area contributed by atoms with Gasteiger partial charge in [-0.2, -0.15) is 18.2 Å². The molecule has 9 heteroatoms. The number of hydrogen-bond donors (Lipinski definition) is 1. The van der Waals surface area contributed by atoms with Gasteiger partial charge in [0, 0.05) is 17.8 Å². The summed E-state index contributed by atoms with van der Waals surface area (Å²) in [5.74, 6) is 0.517. The Morgan fingerprint density at radius 1 is 1.16 bits per heavy atom. The van der Waals surface area contributed by atoms with Crippen LogP contribution in [0.2, 0.25) is 0 Å². The lowest BCUT2D eigenvalue weighted by Gasteiger charge is -2.30.